The van der Waals surface area contributed by atoms with E-state index in [4.69, 9.17) is 10.5 Å². The number of nitrogen functional groups attached to an aromatic ring is 1. The molecular formula is C13H12N4O2. The number of carbonyl (C=O) groups is 1. The van der Waals surface area contributed by atoms with Gasteiger partial charge in [0.15, 0.2) is 5.82 Å². The van der Waals surface area contributed by atoms with Crippen LogP contribution in [-0.2, 0) is 6.42 Å². The summed E-state index contributed by atoms with van der Waals surface area (Å²) >= 11 is 0. The van der Waals surface area contributed by atoms with Gasteiger partial charge in [-0.1, -0.05) is 12.1 Å². The molecule has 1 aliphatic rings. The van der Waals surface area contributed by atoms with Crippen molar-refractivity contribution in [3.05, 3.63) is 41.7 Å². The average Bonchev–Trinajstić information content (AvgIpc) is 2.89. The van der Waals surface area contributed by atoms with E-state index < -0.39 is 0 Å². The Balaban J connectivity index is 1.85. The first-order chi connectivity index (χ1) is 9.24. The second kappa shape index (κ2) is 4.56. The Hall–Kier alpha value is -2.63. The van der Waals surface area contributed by atoms with E-state index in [2.05, 4.69) is 15.3 Å². The number of anilines is 2. The minimum absolute atomic E-state index is 0.266. The SMILES string of the molecule is Nc1cnc(NC(=O)c2cccc3c2OCC3)cn1. The Kier molecular flexibility index (Phi) is 2.75. The number of hydrogen-bond donors (Lipinski definition) is 2. The van der Waals surface area contributed by atoms with Crippen LogP contribution in [0.25, 0.3) is 0 Å². The van der Waals surface area contributed by atoms with Crippen LogP contribution in [0.15, 0.2) is 30.6 Å². The molecule has 0 fully saturated rings. The van der Waals surface area contributed by atoms with Crippen molar-refractivity contribution in [2.75, 3.05) is 17.7 Å². The lowest BCUT2D eigenvalue weighted by molar-refractivity contribution is 0.102. The van der Waals surface area contributed by atoms with Crippen molar-refractivity contribution >= 4 is 17.5 Å². The van der Waals surface area contributed by atoms with Gasteiger partial charge in [-0.05, 0) is 11.6 Å². The van der Waals surface area contributed by atoms with Crippen LogP contribution in [0.5, 0.6) is 5.75 Å². The molecule has 0 radical (unpaired) electrons. The number of amides is 1. The molecule has 0 unspecified atom stereocenters. The molecule has 0 bridgehead atoms. The number of ether oxygens (including phenoxy) is 1. The summed E-state index contributed by atoms with van der Waals surface area (Å²) in [5.41, 5.74) is 7.00. The van der Waals surface area contributed by atoms with Crippen LogP contribution >= 0.6 is 0 Å². The number of nitrogens with zero attached hydrogens (tertiary/aromatic N) is 2. The van der Waals surface area contributed by atoms with Crippen molar-refractivity contribution in [3.63, 3.8) is 0 Å². The predicted octanol–water partition coefficient (Wildman–Crippen LogP) is 1.25. The summed E-state index contributed by atoms with van der Waals surface area (Å²) in [5.74, 6) is 1.05. The number of benzene rings is 1. The number of para-hydroxylation sites is 1. The number of hydrogen-bond acceptors (Lipinski definition) is 5. The van der Waals surface area contributed by atoms with Gasteiger partial charge in [-0.15, -0.1) is 0 Å². The zero-order valence-corrected chi connectivity index (χ0v) is 10.1. The quantitative estimate of drug-likeness (QED) is 0.843. The zero-order chi connectivity index (χ0) is 13.2. The van der Waals surface area contributed by atoms with Gasteiger partial charge in [-0.2, -0.15) is 0 Å². The summed E-state index contributed by atoms with van der Waals surface area (Å²) in [6.07, 6.45) is 3.64. The monoisotopic (exact) mass is 256 g/mol. The average molecular weight is 256 g/mol. The second-order valence-electron chi connectivity index (χ2n) is 4.17. The van der Waals surface area contributed by atoms with Gasteiger partial charge in [-0.3, -0.25) is 4.79 Å². The van der Waals surface area contributed by atoms with E-state index in [1.807, 2.05) is 12.1 Å². The molecule has 0 aliphatic carbocycles. The molecule has 6 nitrogen and oxygen atoms in total. The fourth-order valence-corrected chi connectivity index (χ4v) is 1.98. The van der Waals surface area contributed by atoms with E-state index in [-0.39, 0.29) is 5.91 Å². The lowest BCUT2D eigenvalue weighted by Gasteiger charge is -2.08. The van der Waals surface area contributed by atoms with Crippen molar-refractivity contribution in [2.24, 2.45) is 0 Å². The van der Waals surface area contributed by atoms with Gasteiger partial charge in [-0.25, -0.2) is 9.97 Å². The van der Waals surface area contributed by atoms with Crippen LogP contribution in [0.4, 0.5) is 11.6 Å². The number of nitrogens with one attached hydrogen (secondary N) is 1. The standard InChI is InChI=1S/C13H12N4O2/c14-10-6-16-11(7-15-10)17-13(18)9-3-1-2-8-4-5-19-12(8)9/h1-3,6-7H,4-5H2,(H2,14,15)(H,16,17,18). The fourth-order valence-electron chi connectivity index (χ4n) is 1.98. The minimum Gasteiger partial charge on any atom is -0.492 e. The van der Waals surface area contributed by atoms with Gasteiger partial charge in [0.25, 0.3) is 5.91 Å². The molecule has 19 heavy (non-hydrogen) atoms. The van der Waals surface area contributed by atoms with E-state index in [1.165, 1.54) is 12.4 Å². The minimum atomic E-state index is -0.266. The van der Waals surface area contributed by atoms with E-state index in [9.17, 15) is 4.79 Å². The summed E-state index contributed by atoms with van der Waals surface area (Å²) in [4.78, 5) is 20.0. The van der Waals surface area contributed by atoms with Gasteiger partial charge in [0, 0.05) is 6.42 Å². The molecule has 1 aromatic heterocycles. The predicted molar refractivity (Wildman–Crippen MR) is 70.0 cm³/mol. The molecule has 1 aromatic carbocycles. The number of nitrogens with two attached hydrogens (primary N) is 1. The zero-order valence-electron chi connectivity index (χ0n) is 10.1. The van der Waals surface area contributed by atoms with Crippen LogP contribution in [-0.4, -0.2) is 22.5 Å². The lowest BCUT2D eigenvalue weighted by Crippen LogP contribution is -2.14. The summed E-state index contributed by atoms with van der Waals surface area (Å²) in [6, 6.07) is 5.53. The molecule has 3 rings (SSSR count). The highest BCUT2D eigenvalue weighted by Crippen LogP contribution is 2.29. The molecule has 0 saturated heterocycles. The van der Waals surface area contributed by atoms with Crippen LogP contribution in [0.1, 0.15) is 15.9 Å². The first-order valence-electron chi connectivity index (χ1n) is 5.87. The van der Waals surface area contributed by atoms with E-state index in [0.29, 0.717) is 29.6 Å². The summed E-state index contributed by atoms with van der Waals surface area (Å²) in [6.45, 7) is 0.612. The van der Waals surface area contributed by atoms with Gasteiger partial charge in [0.1, 0.15) is 11.6 Å². The van der Waals surface area contributed by atoms with E-state index in [1.54, 1.807) is 6.07 Å². The first kappa shape index (κ1) is 11.5. The summed E-state index contributed by atoms with van der Waals surface area (Å²) < 4.78 is 5.49. The highest BCUT2D eigenvalue weighted by molar-refractivity contribution is 6.06. The molecule has 2 heterocycles. The summed E-state index contributed by atoms with van der Waals surface area (Å²) in [5, 5.41) is 2.67. The van der Waals surface area contributed by atoms with Crippen LogP contribution in [0.3, 0.4) is 0 Å². The molecule has 0 saturated carbocycles. The number of aromatic nitrogens is 2. The Morgan fingerprint density at radius 3 is 3.00 bits per heavy atom. The highest BCUT2D eigenvalue weighted by atomic mass is 16.5. The Morgan fingerprint density at radius 1 is 1.32 bits per heavy atom. The third kappa shape index (κ3) is 2.20. The third-order valence-electron chi connectivity index (χ3n) is 2.87. The molecular weight excluding hydrogens is 244 g/mol. The number of rotatable bonds is 2. The van der Waals surface area contributed by atoms with Gasteiger partial charge >= 0.3 is 0 Å². The van der Waals surface area contributed by atoms with Crippen LogP contribution in [0.2, 0.25) is 0 Å². The Bertz CT molecular complexity index is 625. The van der Waals surface area contributed by atoms with Gasteiger partial charge in [0.05, 0.1) is 24.6 Å². The molecule has 2 aromatic rings. The largest absolute Gasteiger partial charge is 0.492 e. The Labute approximate surface area is 109 Å². The smallest absolute Gasteiger partial charge is 0.260 e. The maximum absolute atomic E-state index is 12.2. The van der Waals surface area contributed by atoms with E-state index >= 15 is 0 Å². The lowest BCUT2D eigenvalue weighted by atomic mass is 10.1. The Morgan fingerprint density at radius 2 is 2.21 bits per heavy atom. The molecule has 0 spiro atoms. The molecule has 3 N–H and O–H groups in total. The van der Waals surface area contributed by atoms with Crippen molar-refractivity contribution in [1.29, 1.82) is 0 Å². The molecule has 1 amide bonds. The molecule has 6 heteroatoms. The van der Waals surface area contributed by atoms with Crippen molar-refractivity contribution in [2.45, 2.75) is 6.42 Å². The molecule has 0 atom stereocenters. The maximum Gasteiger partial charge on any atom is 0.260 e. The number of fused-ring (bicyclic) bond motifs is 1. The maximum atomic E-state index is 12.2. The van der Waals surface area contributed by atoms with Crippen molar-refractivity contribution in [1.82, 2.24) is 9.97 Å². The van der Waals surface area contributed by atoms with E-state index in [0.717, 1.165) is 12.0 Å². The number of carbonyl (C=O) groups excluding carboxylic acids is 1. The van der Waals surface area contributed by atoms with Crippen molar-refractivity contribution < 1.29 is 9.53 Å². The summed E-state index contributed by atoms with van der Waals surface area (Å²) in [7, 11) is 0. The highest BCUT2D eigenvalue weighted by Gasteiger charge is 2.20. The first-order valence-corrected chi connectivity index (χ1v) is 5.87. The topological polar surface area (TPSA) is 90.1 Å². The molecule has 1 aliphatic heterocycles. The normalized spacial score (nSPS) is 12.6. The van der Waals surface area contributed by atoms with Crippen LogP contribution < -0.4 is 15.8 Å². The third-order valence-corrected chi connectivity index (χ3v) is 2.87. The molecule has 96 valence electrons. The second-order valence-corrected chi connectivity index (χ2v) is 4.17. The van der Waals surface area contributed by atoms with Gasteiger partial charge < -0.3 is 15.8 Å². The van der Waals surface area contributed by atoms with Gasteiger partial charge in [0.2, 0.25) is 0 Å². The van der Waals surface area contributed by atoms with Crippen LogP contribution in [0, 0.1) is 0 Å². The van der Waals surface area contributed by atoms with Crippen molar-refractivity contribution in [3.8, 4) is 5.75 Å². The fraction of sp³-hybridized carbons (Fsp3) is 0.154.